The Morgan fingerprint density at radius 1 is 1.00 bits per heavy atom. The number of fused-ring (bicyclic) bond motifs is 3. The van der Waals surface area contributed by atoms with Gasteiger partial charge in [0.25, 0.3) is 11.8 Å². The Labute approximate surface area is 157 Å². The molecule has 3 unspecified atom stereocenters. The predicted molar refractivity (Wildman–Crippen MR) is 90.6 cm³/mol. The highest BCUT2D eigenvalue weighted by Crippen LogP contribution is 2.41. The van der Waals surface area contributed by atoms with Gasteiger partial charge in [-0.2, -0.15) is 0 Å². The number of benzene rings is 1. The van der Waals surface area contributed by atoms with E-state index in [9.17, 15) is 23.6 Å². The summed E-state index contributed by atoms with van der Waals surface area (Å²) >= 11 is 0. The third-order valence-corrected chi connectivity index (χ3v) is 5.95. The maximum atomic E-state index is 15.3. The van der Waals surface area contributed by atoms with Crippen molar-refractivity contribution in [3.63, 3.8) is 0 Å². The molecule has 1 aromatic carbocycles. The van der Waals surface area contributed by atoms with Crippen LogP contribution in [0.15, 0.2) is 6.07 Å². The average molecular weight is 390 g/mol. The second-order valence-corrected chi connectivity index (χ2v) is 7.50. The summed E-state index contributed by atoms with van der Waals surface area (Å²) in [6, 6.07) is -0.300. The molecule has 0 radical (unpaired) electrons. The van der Waals surface area contributed by atoms with Crippen LogP contribution < -0.4 is 15.5 Å². The van der Waals surface area contributed by atoms with Gasteiger partial charge in [-0.3, -0.25) is 29.4 Å². The first-order chi connectivity index (χ1) is 13.4. The van der Waals surface area contributed by atoms with Gasteiger partial charge in [-0.05, 0) is 12.8 Å². The SMILES string of the molecule is O=C1CCC(N2C(=O)c3c(F)cc(N4C5CNCC4C5)c(F)c3C2=O)C(=O)N1. The fourth-order valence-electron chi connectivity index (χ4n) is 4.63. The first-order valence-corrected chi connectivity index (χ1v) is 9.11. The Morgan fingerprint density at radius 2 is 1.68 bits per heavy atom. The van der Waals surface area contributed by atoms with Crippen LogP contribution in [-0.4, -0.2) is 59.7 Å². The second-order valence-electron chi connectivity index (χ2n) is 7.50. The van der Waals surface area contributed by atoms with Crippen LogP contribution in [0.3, 0.4) is 0 Å². The van der Waals surface area contributed by atoms with Gasteiger partial charge in [-0.1, -0.05) is 0 Å². The molecule has 0 aromatic heterocycles. The maximum absolute atomic E-state index is 15.3. The lowest BCUT2D eigenvalue weighted by molar-refractivity contribution is -0.136. The highest BCUT2D eigenvalue weighted by atomic mass is 19.1. The lowest BCUT2D eigenvalue weighted by atomic mass is 9.87. The van der Waals surface area contributed by atoms with Crippen molar-refractivity contribution >= 4 is 29.3 Å². The van der Waals surface area contributed by atoms with Crippen molar-refractivity contribution < 1.29 is 28.0 Å². The van der Waals surface area contributed by atoms with Crippen molar-refractivity contribution in [1.29, 1.82) is 0 Å². The van der Waals surface area contributed by atoms with Gasteiger partial charge < -0.3 is 10.2 Å². The molecule has 0 aliphatic carbocycles. The summed E-state index contributed by atoms with van der Waals surface area (Å²) in [4.78, 5) is 51.2. The smallest absolute Gasteiger partial charge is 0.265 e. The molecule has 4 heterocycles. The molecule has 4 aliphatic rings. The molecule has 0 spiro atoms. The highest BCUT2D eigenvalue weighted by molar-refractivity contribution is 6.24. The molecule has 1 aromatic rings. The molecule has 8 nitrogen and oxygen atoms in total. The van der Waals surface area contributed by atoms with Crippen molar-refractivity contribution in [2.45, 2.75) is 37.4 Å². The van der Waals surface area contributed by atoms with Crippen LogP contribution in [0.2, 0.25) is 0 Å². The number of carbonyl (C=O) groups is 4. The third-order valence-electron chi connectivity index (χ3n) is 5.95. The number of piperidine rings is 2. The number of amides is 4. The van der Waals surface area contributed by atoms with Crippen molar-refractivity contribution in [3.05, 3.63) is 28.8 Å². The van der Waals surface area contributed by atoms with E-state index >= 15 is 4.39 Å². The van der Waals surface area contributed by atoms with Crippen LogP contribution in [0.4, 0.5) is 14.5 Å². The van der Waals surface area contributed by atoms with E-state index in [2.05, 4.69) is 10.6 Å². The summed E-state index contributed by atoms with van der Waals surface area (Å²) in [5.74, 6) is -5.37. The molecule has 146 valence electrons. The van der Waals surface area contributed by atoms with E-state index in [0.29, 0.717) is 18.0 Å². The van der Waals surface area contributed by atoms with Crippen molar-refractivity contribution in [3.8, 4) is 0 Å². The summed E-state index contributed by atoms with van der Waals surface area (Å²) in [7, 11) is 0. The molecular weight excluding hydrogens is 374 g/mol. The van der Waals surface area contributed by atoms with Gasteiger partial charge in [-0.15, -0.1) is 0 Å². The molecule has 10 heteroatoms. The largest absolute Gasteiger partial charge is 0.360 e. The minimum atomic E-state index is -1.26. The number of rotatable bonds is 2. The molecule has 3 saturated heterocycles. The molecule has 4 aliphatic heterocycles. The molecule has 2 N–H and O–H groups in total. The van der Waals surface area contributed by atoms with Crippen molar-refractivity contribution in [1.82, 2.24) is 15.5 Å². The average Bonchev–Trinajstić information content (AvgIpc) is 2.92. The van der Waals surface area contributed by atoms with Crippen LogP contribution in [0, 0.1) is 11.6 Å². The summed E-state index contributed by atoms with van der Waals surface area (Å²) in [5.41, 5.74) is -1.33. The molecule has 0 saturated carbocycles. The van der Waals surface area contributed by atoms with E-state index in [1.165, 1.54) is 0 Å². The minimum absolute atomic E-state index is 0.00384. The van der Waals surface area contributed by atoms with Gasteiger partial charge >= 0.3 is 0 Å². The number of piperazine rings is 1. The zero-order valence-electron chi connectivity index (χ0n) is 14.6. The number of hydrogen-bond acceptors (Lipinski definition) is 6. The zero-order valence-corrected chi connectivity index (χ0v) is 14.6. The number of nitrogens with zero attached hydrogens (tertiary/aromatic N) is 2. The Kier molecular flexibility index (Phi) is 3.57. The van der Waals surface area contributed by atoms with E-state index < -0.39 is 52.4 Å². The van der Waals surface area contributed by atoms with Crippen LogP contribution in [0.5, 0.6) is 0 Å². The normalized spacial score (nSPS) is 29.0. The Balaban J connectivity index is 1.55. The Morgan fingerprint density at radius 3 is 2.32 bits per heavy atom. The van der Waals surface area contributed by atoms with Crippen molar-refractivity contribution in [2.75, 3.05) is 18.0 Å². The van der Waals surface area contributed by atoms with E-state index in [0.717, 1.165) is 12.5 Å². The Bertz CT molecular complexity index is 951. The topological polar surface area (TPSA) is 98.8 Å². The number of anilines is 1. The number of halogens is 2. The molecule has 3 atom stereocenters. The van der Waals surface area contributed by atoms with E-state index in [-0.39, 0.29) is 30.6 Å². The number of hydrogen-bond donors (Lipinski definition) is 2. The van der Waals surface area contributed by atoms with Gasteiger partial charge in [-0.25, -0.2) is 8.78 Å². The summed E-state index contributed by atoms with van der Waals surface area (Å²) in [6.45, 7) is 1.26. The monoisotopic (exact) mass is 390 g/mol. The highest BCUT2D eigenvalue weighted by Gasteiger charge is 2.50. The number of carbonyl (C=O) groups excluding carboxylic acids is 4. The van der Waals surface area contributed by atoms with Crippen LogP contribution in [0.25, 0.3) is 0 Å². The van der Waals surface area contributed by atoms with Crippen LogP contribution >= 0.6 is 0 Å². The van der Waals surface area contributed by atoms with E-state index in [1.807, 2.05) is 0 Å². The first kappa shape index (κ1) is 17.2. The molecule has 5 rings (SSSR count). The van der Waals surface area contributed by atoms with Gasteiger partial charge in [0.1, 0.15) is 11.9 Å². The van der Waals surface area contributed by atoms with Gasteiger partial charge in [0.05, 0.1) is 16.8 Å². The third kappa shape index (κ3) is 2.17. The quantitative estimate of drug-likeness (QED) is 0.686. The lowest BCUT2D eigenvalue weighted by Crippen LogP contribution is -2.68. The summed E-state index contributed by atoms with van der Waals surface area (Å²) < 4.78 is 30.1. The van der Waals surface area contributed by atoms with E-state index in [1.54, 1.807) is 4.90 Å². The zero-order chi connectivity index (χ0) is 19.7. The molecule has 4 amide bonds. The fraction of sp³-hybridized carbons (Fsp3) is 0.444. The summed E-state index contributed by atoms with van der Waals surface area (Å²) in [6.07, 6.45) is 0.707. The number of imide groups is 2. The van der Waals surface area contributed by atoms with Gasteiger partial charge in [0.2, 0.25) is 11.8 Å². The van der Waals surface area contributed by atoms with Gasteiger partial charge in [0, 0.05) is 37.7 Å². The standard InChI is InChI=1S/C18H16F2N4O4/c19-9-4-11(23-7-3-8(23)6-21-5-7)15(20)14-13(9)17(27)24(18(14)28)10-1-2-12(25)22-16(10)26/h4,7-8,10,21H,1-3,5-6H2,(H,22,25,26). The van der Waals surface area contributed by atoms with Crippen molar-refractivity contribution in [2.24, 2.45) is 0 Å². The number of nitrogens with one attached hydrogen (secondary N) is 2. The lowest BCUT2D eigenvalue weighted by Gasteiger charge is -2.54. The predicted octanol–water partition coefficient (Wildman–Crippen LogP) is -0.0835. The Hall–Kier alpha value is -2.88. The van der Waals surface area contributed by atoms with Crippen LogP contribution in [0.1, 0.15) is 40.0 Å². The first-order valence-electron chi connectivity index (χ1n) is 9.11. The maximum Gasteiger partial charge on any atom is 0.265 e. The molecule has 2 bridgehead atoms. The molecular formula is C18H16F2N4O4. The summed E-state index contributed by atoms with van der Waals surface area (Å²) in [5, 5.41) is 5.24. The van der Waals surface area contributed by atoms with Gasteiger partial charge in [0.15, 0.2) is 5.82 Å². The second kappa shape index (κ2) is 5.81. The van der Waals surface area contributed by atoms with E-state index in [4.69, 9.17) is 0 Å². The molecule has 3 fully saturated rings. The van der Waals surface area contributed by atoms with Crippen LogP contribution in [-0.2, 0) is 9.59 Å². The minimum Gasteiger partial charge on any atom is -0.360 e. The fourth-order valence-corrected chi connectivity index (χ4v) is 4.63. The molecule has 28 heavy (non-hydrogen) atoms.